The smallest absolute Gasteiger partial charge is 0.335 e. The third kappa shape index (κ3) is 6.41. The largest absolute Gasteiger partial charge is 0.478 e. The molecule has 0 radical (unpaired) electrons. The molecule has 2 aromatic carbocycles. The summed E-state index contributed by atoms with van der Waals surface area (Å²) < 4.78 is 10.5. The highest BCUT2D eigenvalue weighted by atomic mass is 16.7. The highest BCUT2D eigenvalue weighted by Crippen LogP contribution is 2.22. The van der Waals surface area contributed by atoms with Crippen LogP contribution in [0.4, 0.5) is 11.4 Å². The van der Waals surface area contributed by atoms with Crippen molar-refractivity contribution in [3.05, 3.63) is 59.7 Å². The number of amides is 1. The first-order chi connectivity index (χ1) is 16.3. The van der Waals surface area contributed by atoms with Gasteiger partial charge in [0.2, 0.25) is 0 Å². The maximum atomic E-state index is 12.3. The van der Waals surface area contributed by atoms with Gasteiger partial charge in [0.1, 0.15) is 24.4 Å². The molecule has 6 N–H and O–H groups in total. The topological polar surface area (TPSA) is 190 Å². The summed E-state index contributed by atoms with van der Waals surface area (Å²) in [6, 6.07) is 12.2. The minimum atomic E-state index is -1.54. The quantitative estimate of drug-likeness (QED) is 0.219. The Morgan fingerprint density at radius 3 is 1.97 bits per heavy atom. The number of carboxylic acid groups (broad SMARTS) is 1. The summed E-state index contributed by atoms with van der Waals surface area (Å²) >= 11 is 0. The Hall–Kier alpha value is -3.26. The third-order valence-electron chi connectivity index (χ3n) is 5.04. The average Bonchev–Trinajstić information content (AvgIpc) is 2.85. The maximum absolute atomic E-state index is 12.3. The van der Waals surface area contributed by atoms with Gasteiger partial charge in [-0.3, -0.25) is 4.79 Å². The zero-order valence-electron chi connectivity index (χ0n) is 17.9. The second-order valence-electron chi connectivity index (χ2n) is 7.42. The van der Waals surface area contributed by atoms with Crippen molar-refractivity contribution in [3.63, 3.8) is 0 Å². The van der Waals surface area contributed by atoms with E-state index in [0.29, 0.717) is 16.9 Å². The Morgan fingerprint density at radius 1 is 0.882 bits per heavy atom. The minimum absolute atomic E-state index is 0.0542. The number of carboxylic acids is 1. The van der Waals surface area contributed by atoms with Crippen molar-refractivity contribution in [3.8, 4) is 0 Å². The van der Waals surface area contributed by atoms with Gasteiger partial charge < -0.3 is 40.3 Å². The fraction of sp³-hybridized carbons (Fsp3) is 0.364. The van der Waals surface area contributed by atoms with Crippen molar-refractivity contribution in [2.24, 2.45) is 10.2 Å². The second kappa shape index (κ2) is 11.7. The van der Waals surface area contributed by atoms with Crippen molar-refractivity contribution in [2.75, 3.05) is 19.8 Å². The fourth-order valence-corrected chi connectivity index (χ4v) is 3.11. The molecular formula is C22H25N3O9. The van der Waals surface area contributed by atoms with Crippen LogP contribution in [0, 0.1) is 0 Å². The fourth-order valence-electron chi connectivity index (χ4n) is 3.11. The van der Waals surface area contributed by atoms with E-state index in [0.717, 1.165) is 0 Å². The number of rotatable bonds is 9. The van der Waals surface area contributed by atoms with Crippen molar-refractivity contribution < 1.29 is 44.6 Å². The first kappa shape index (κ1) is 25.4. The number of aliphatic hydroxyl groups is 4. The number of benzene rings is 2. The summed E-state index contributed by atoms with van der Waals surface area (Å²) in [5.41, 5.74) is 1.47. The molecule has 1 fully saturated rings. The zero-order valence-corrected chi connectivity index (χ0v) is 17.9. The summed E-state index contributed by atoms with van der Waals surface area (Å²) in [5.74, 6) is -1.41. The van der Waals surface area contributed by atoms with Crippen LogP contribution in [0.1, 0.15) is 20.7 Å². The zero-order chi connectivity index (χ0) is 24.7. The van der Waals surface area contributed by atoms with E-state index >= 15 is 0 Å². The van der Waals surface area contributed by atoms with Gasteiger partial charge in [0.25, 0.3) is 5.91 Å². The van der Waals surface area contributed by atoms with Gasteiger partial charge in [-0.05, 0) is 48.5 Å². The van der Waals surface area contributed by atoms with Gasteiger partial charge in [0.15, 0.2) is 6.29 Å². The monoisotopic (exact) mass is 475 g/mol. The summed E-state index contributed by atoms with van der Waals surface area (Å²) in [6.45, 7) is -0.544. The van der Waals surface area contributed by atoms with Crippen LogP contribution in [-0.4, -0.2) is 87.9 Å². The van der Waals surface area contributed by atoms with Crippen LogP contribution in [0.2, 0.25) is 0 Å². The number of azo groups is 1. The molecule has 12 nitrogen and oxygen atoms in total. The van der Waals surface area contributed by atoms with Gasteiger partial charge in [-0.25, -0.2) is 4.79 Å². The van der Waals surface area contributed by atoms with Crippen molar-refractivity contribution in [1.82, 2.24) is 5.32 Å². The average molecular weight is 475 g/mol. The number of hydrogen-bond acceptors (Lipinski definition) is 10. The number of ether oxygens (including phenoxy) is 2. The normalized spacial score (nSPS) is 24.8. The Balaban J connectivity index is 1.45. The van der Waals surface area contributed by atoms with Gasteiger partial charge in [-0.1, -0.05) is 0 Å². The number of aromatic carboxylic acids is 1. The molecule has 1 aliphatic rings. The van der Waals surface area contributed by atoms with Gasteiger partial charge >= 0.3 is 5.97 Å². The molecule has 34 heavy (non-hydrogen) atoms. The molecule has 5 atom stereocenters. The van der Waals surface area contributed by atoms with E-state index < -0.39 is 43.3 Å². The van der Waals surface area contributed by atoms with Gasteiger partial charge in [-0.15, -0.1) is 0 Å². The molecular weight excluding hydrogens is 450 g/mol. The van der Waals surface area contributed by atoms with Crippen LogP contribution in [0.25, 0.3) is 0 Å². The first-order valence-electron chi connectivity index (χ1n) is 10.4. The van der Waals surface area contributed by atoms with Gasteiger partial charge in [0.05, 0.1) is 30.2 Å². The molecule has 12 heteroatoms. The van der Waals surface area contributed by atoms with E-state index in [-0.39, 0.29) is 24.6 Å². The summed E-state index contributed by atoms with van der Waals surface area (Å²) in [4.78, 5) is 23.1. The molecule has 0 bridgehead atoms. The van der Waals surface area contributed by atoms with Gasteiger partial charge in [0, 0.05) is 12.1 Å². The molecule has 2 aromatic rings. The molecule has 1 amide bonds. The molecule has 1 heterocycles. The molecule has 1 saturated heterocycles. The van der Waals surface area contributed by atoms with E-state index in [1.165, 1.54) is 24.3 Å². The summed E-state index contributed by atoms with van der Waals surface area (Å²) in [5, 5.41) is 58.2. The van der Waals surface area contributed by atoms with Gasteiger partial charge in [-0.2, -0.15) is 10.2 Å². The predicted molar refractivity (Wildman–Crippen MR) is 116 cm³/mol. The molecule has 0 aliphatic carbocycles. The number of nitrogens with zero attached hydrogens (tertiary/aromatic N) is 2. The highest BCUT2D eigenvalue weighted by Gasteiger charge is 2.43. The molecule has 0 aromatic heterocycles. The lowest BCUT2D eigenvalue weighted by Gasteiger charge is -2.39. The summed E-state index contributed by atoms with van der Waals surface area (Å²) in [6.07, 6.45) is -6.86. The van der Waals surface area contributed by atoms with Crippen LogP contribution < -0.4 is 5.32 Å². The molecule has 3 rings (SSSR count). The lowest BCUT2D eigenvalue weighted by Crippen LogP contribution is -2.59. The van der Waals surface area contributed by atoms with E-state index in [2.05, 4.69) is 15.5 Å². The predicted octanol–water partition coefficient (Wildman–Crippen LogP) is 0.346. The molecule has 1 aliphatic heterocycles. The Morgan fingerprint density at radius 2 is 1.44 bits per heavy atom. The summed E-state index contributed by atoms with van der Waals surface area (Å²) in [7, 11) is 0. The Bertz CT molecular complexity index is 996. The van der Waals surface area contributed by atoms with Crippen molar-refractivity contribution in [2.45, 2.75) is 30.7 Å². The second-order valence-corrected chi connectivity index (χ2v) is 7.42. The van der Waals surface area contributed by atoms with Crippen LogP contribution in [0.15, 0.2) is 58.8 Å². The standard InChI is InChI=1S/C22H25N3O9/c26-11-16-17(27)18(28)19(29)22(34-16)33-10-9-23-20(30)12-1-5-14(6-2-12)24-25-15-7-3-13(4-8-15)21(31)32/h1-8,16-19,22,26-29H,9-11H2,(H,23,30)(H,31,32)/t16-,17+,18+,19-,22-/m1/s1. The number of nitrogens with one attached hydrogen (secondary N) is 1. The maximum Gasteiger partial charge on any atom is 0.335 e. The number of carbonyl (C=O) groups excluding carboxylic acids is 1. The number of carbonyl (C=O) groups is 2. The third-order valence-corrected chi connectivity index (χ3v) is 5.04. The van der Waals surface area contributed by atoms with E-state index in [4.69, 9.17) is 14.6 Å². The van der Waals surface area contributed by atoms with Crippen LogP contribution in [0.5, 0.6) is 0 Å². The molecule has 0 saturated carbocycles. The van der Waals surface area contributed by atoms with Crippen molar-refractivity contribution >= 4 is 23.3 Å². The number of aliphatic hydroxyl groups excluding tert-OH is 4. The molecule has 0 unspecified atom stereocenters. The van der Waals surface area contributed by atoms with Crippen LogP contribution >= 0.6 is 0 Å². The van der Waals surface area contributed by atoms with Crippen LogP contribution in [0.3, 0.4) is 0 Å². The van der Waals surface area contributed by atoms with Crippen LogP contribution in [-0.2, 0) is 9.47 Å². The lowest BCUT2D eigenvalue weighted by molar-refractivity contribution is -0.300. The first-order valence-corrected chi connectivity index (χ1v) is 10.4. The lowest BCUT2D eigenvalue weighted by atomic mass is 9.99. The van der Waals surface area contributed by atoms with E-state index in [1.54, 1.807) is 24.3 Å². The SMILES string of the molecule is O=C(O)c1ccc(N=Nc2ccc(C(=O)NCCO[C@@H]3O[C@H](CO)[C@H](O)[C@H](O)[C@H]3O)cc2)cc1. The van der Waals surface area contributed by atoms with E-state index in [9.17, 15) is 30.0 Å². The molecule has 0 spiro atoms. The molecule has 182 valence electrons. The van der Waals surface area contributed by atoms with Crippen molar-refractivity contribution in [1.29, 1.82) is 0 Å². The Labute approximate surface area is 194 Å². The highest BCUT2D eigenvalue weighted by molar-refractivity contribution is 5.94. The number of hydrogen-bond donors (Lipinski definition) is 6. The minimum Gasteiger partial charge on any atom is -0.478 e. The van der Waals surface area contributed by atoms with E-state index in [1.807, 2.05) is 0 Å². The Kier molecular flexibility index (Phi) is 8.76.